The van der Waals surface area contributed by atoms with E-state index < -0.39 is 8.32 Å². The number of methoxy groups -OCH3 is 1. The zero-order valence-corrected chi connectivity index (χ0v) is 22.2. The van der Waals surface area contributed by atoms with Crippen LogP contribution < -0.4 is 4.74 Å². The fourth-order valence-electron chi connectivity index (χ4n) is 3.40. The molecule has 5 heteroatoms. The van der Waals surface area contributed by atoms with Gasteiger partial charge in [-0.15, -0.1) is 0 Å². The number of hydrogen-bond acceptors (Lipinski definition) is 4. The molecule has 1 aromatic rings. The molecule has 0 bridgehead atoms. The summed E-state index contributed by atoms with van der Waals surface area (Å²) in [6.07, 6.45) is 12.1. The van der Waals surface area contributed by atoms with Crippen LogP contribution in [0.25, 0.3) is 0 Å². The fourth-order valence-corrected chi connectivity index (χ4v) is 4.35. The van der Waals surface area contributed by atoms with Gasteiger partial charge in [-0.2, -0.15) is 0 Å². The third kappa shape index (κ3) is 9.22. The van der Waals surface area contributed by atoms with E-state index in [1.807, 2.05) is 24.3 Å². The maximum absolute atomic E-state index is 6.31. The molecule has 32 heavy (non-hydrogen) atoms. The van der Waals surface area contributed by atoms with Crippen molar-refractivity contribution >= 4 is 8.32 Å². The first-order valence-electron chi connectivity index (χ1n) is 11.9. The van der Waals surface area contributed by atoms with E-state index in [1.165, 1.54) is 5.56 Å². The summed E-state index contributed by atoms with van der Waals surface area (Å²) in [5.74, 6) is 1.33. The minimum Gasteiger partial charge on any atom is -0.497 e. The molecule has 0 fully saturated rings. The minimum absolute atomic E-state index is 0.158. The SMILES string of the molecule is COc1ccc(COC[C@H](C)C[C@@H]2CC=C[C@@H](C/C=C\CO[Si](C)(C)C(C)(C)C)O2)cc1. The number of ether oxygens (including phenoxy) is 3. The van der Waals surface area contributed by atoms with Crippen molar-refractivity contribution in [3.63, 3.8) is 0 Å². The molecule has 1 aliphatic heterocycles. The molecule has 0 aromatic heterocycles. The molecule has 0 radical (unpaired) electrons. The van der Waals surface area contributed by atoms with Crippen molar-refractivity contribution in [3.05, 3.63) is 54.1 Å². The van der Waals surface area contributed by atoms with Gasteiger partial charge in [-0.25, -0.2) is 0 Å². The molecule has 4 nitrogen and oxygen atoms in total. The summed E-state index contributed by atoms with van der Waals surface area (Å²) < 4.78 is 23.6. The maximum Gasteiger partial charge on any atom is 0.192 e. The molecule has 1 heterocycles. The average Bonchev–Trinajstić information content (AvgIpc) is 2.73. The first-order valence-corrected chi connectivity index (χ1v) is 14.8. The maximum atomic E-state index is 6.31. The summed E-state index contributed by atoms with van der Waals surface area (Å²) >= 11 is 0. The van der Waals surface area contributed by atoms with Crippen molar-refractivity contribution < 1.29 is 18.6 Å². The Morgan fingerprint density at radius 3 is 2.53 bits per heavy atom. The summed E-state index contributed by atoms with van der Waals surface area (Å²) in [6, 6.07) is 8.04. The summed E-state index contributed by atoms with van der Waals surface area (Å²) in [5, 5.41) is 0.248. The van der Waals surface area contributed by atoms with Gasteiger partial charge in [0.05, 0.1) is 32.5 Å². The van der Waals surface area contributed by atoms with E-state index in [4.69, 9.17) is 18.6 Å². The van der Waals surface area contributed by atoms with Crippen molar-refractivity contribution in [3.8, 4) is 5.75 Å². The third-order valence-electron chi connectivity index (χ3n) is 6.49. The molecule has 1 aliphatic rings. The van der Waals surface area contributed by atoms with Gasteiger partial charge in [-0.1, -0.05) is 64.1 Å². The summed E-state index contributed by atoms with van der Waals surface area (Å²) in [5.41, 5.74) is 1.17. The van der Waals surface area contributed by atoms with Crippen LogP contribution in [0.2, 0.25) is 18.1 Å². The van der Waals surface area contributed by atoms with Crippen LogP contribution in [0.1, 0.15) is 52.5 Å². The first-order chi connectivity index (χ1) is 15.1. The third-order valence-corrected chi connectivity index (χ3v) is 11.0. The quantitative estimate of drug-likeness (QED) is 0.251. The highest BCUT2D eigenvalue weighted by molar-refractivity contribution is 6.74. The van der Waals surface area contributed by atoms with Crippen LogP contribution in [0.5, 0.6) is 5.75 Å². The Hall–Kier alpha value is -1.40. The zero-order valence-electron chi connectivity index (χ0n) is 21.2. The highest BCUT2D eigenvalue weighted by Crippen LogP contribution is 2.36. The molecular formula is C27H44O4Si. The van der Waals surface area contributed by atoms with Gasteiger partial charge < -0.3 is 18.6 Å². The van der Waals surface area contributed by atoms with Crippen LogP contribution >= 0.6 is 0 Å². The van der Waals surface area contributed by atoms with E-state index in [0.717, 1.165) is 31.6 Å². The van der Waals surface area contributed by atoms with E-state index in [2.05, 4.69) is 65.1 Å². The molecule has 2 rings (SSSR count). The van der Waals surface area contributed by atoms with Gasteiger partial charge in [0, 0.05) is 6.61 Å². The molecule has 180 valence electrons. The minimum atomic E-state index is -1.68. The zero-order chi connectivity index (χ0) is 23.6. The first kappa shape index (κ1) is 26.8. The van der Waals surface area contributed by atoms with E-state index in [-0.39, 0.29) is 17.2 Å². The van der Waals surface area contributed by atoms with Gasteiger partial charge in [0.15, 0.2) is 8.32 Å². The topological polar surface area (TPSA) is 36.9 Å². The lowest BCUT2D eigenvalue weighted by molar-refractivity contribution is -0.0147. The molecule has 0 unspecified atom stereocenters. The number of rotatable bonds is 12. The van der Waals surface area contributed by atoms with Crippen LogP contribution in [0.15, 0.2) is 48.6 Å². The number of hydrogen-bond donors (Lipinski definition) is 0. The lowest BCUT2D eigenvalue weighted by atomic mass is 9.99. The molecule has 0 amide bonds. The second kappa shape index (κ2) is 12.7. The Kier molecular flexibility index (Phi) is 10.7. The van der Waals surface area contributed by atoms with Crippen LogP contribution in [0, 0.1) is 5.92 Å². The van der Waals surface area contributed by atoms with E-state index in [9.17, 15) is 0 Å². The molecular weight excluding hydrogens is 416 g/mol. The molecule has 0 N–H and O–H groups in total. The largest absolute Gasteiger partial charge is 0.497 e. The van der Waals surface area contributed by atoms with E-state index in [0.29, 0.717) is 19.1 Å². The second-order valence-corrected chi connectivity index (χ2v) is 15.3. The van der Waals surface area contributed by atoms with E-state index >= 15 is 0 Å². The molecule has 0 spiro atoms. The van der Waals surface area contributed by atoms with Gasteiger partial charge in [0.1, 0.15) is 5.75 Å². The fraction of sp³-hybridized carbons (Fsp3) is 0.630. The highest BCUT2D eigenvalue weighted by atomic mass is 28.4. The summed E-state index contributed by atoms with van der Waals surface area (Å²) in [7, 11) is 0.00659. The van der Waals surface area contributed by atoms with Gasteiger partial charge in [-0.3, -0.25) is 0 Å². The van der Waals surface area contributed by atoms with Gasteiger partial charge in [0.25, 0.3) is 0 Å². The van der Waals surface area contributed by atoms with Gasteiger partial charge in [-0.05, 0) is 61.0 Å². The lowest BCUT2D eigenvalue weighted by Crippen LogP contribution is -2.40. The predicted molar refractivity (Wildman–Crippen MR) is 136 cm³/mol. The highest BCUT2D eigenvalue weighted by Gasteiger charge is 2.36. The monoisotopic (exact) mass is 460 g/mol. The molecule has 0 saturated carbocycles. The number of benzene rings is 1. The van der Waals surface area contributed by atoms with Gasteiger partial charge >= 0.3 is 0 Å². The van der Waals surface area contributed by atoms with Crippen molar-refractivity contribution in [2.24, 2.45) is 5.92 Å². The van der Waals surface area contributed by atoms with Crippen molar-refractivity contribution in [1.29, 1.82) is 0 Å². The average molecular weight is 461 g/mol. The second-order valence-electron chi connectivity index (χ2n) is 10.4. The van der Waals surface area contributed by atoms with Crippen LogP contribution in [0.3, 0.4) is 0 Å². The predicted octanol–water partition coefficient (Wildman–Crippen LogP) is 6.92. The van der Waals surface area contributed by atoms with Crippen molar-refractivity contribution in [1.82, 2.24) is 0 Å². The van der Waals surface area contributed by atoms with Gasteiger partial charge in [0.2, 0.25) is 0 Å². The standard InChI is InChI=1S/C27H44O4Si/c1-22(20-29-21-23-14-16-24(28-5)17-15-23)19-26-13-10-12-25(31-26)11-8-9-18-30-32(6,7)27(2,3)4/h8-10,12,14-17,22,25-26H,11,13,18-21H2,1-7H3/b9-8-/t22-,25-,26+/m1/s1. The van der Waals surface area contributed by atoms with Crippen molar-refractivity contribution in [2.45, 2.75) is 83.9 Å². The van der Waals surface area contributed by atoms with Crippen molar-refractivity contribution in [2.75, 3.05) is 20.3 Å². The molecule has 0 aliphatic carbocycles. The Balaban J connectivity index is 1.65. The molecule has 0 saturated heterocycles. The molecule has 1 aromatic carbocycles. The normalized spacial score (nSPS) is 20.6. The lowest BCUT2D eigenvalue weighted by Gasteiger charge is -2.35. The van der Waals surface area contributed by atoms with Crippen LogP contribution in [-0.4, -0.2) is 40.8 Å². The summed E-state index contributed by atoms with van der Waals surface area (Å²) in [4.78, 5) is 0. The summed E-state index contributed by atoms with van der Waals surface area (Å²) in [6.45, 7) is 15.7. The smallest absolute Gasteiger partial charge is 0.192 e. The Labute approximate surface area is 197 Å². The van der Waals surface area contributed by atoms with E-state index in [1.54, 1.807) is 7.11 Å². The Morgan fingerprint density at radius 2 is 1.88 bits per heavy atom. The Bertz CT molecular complexity index is 718. The Morgan fingerprint density at radius 1 is 1.16 bits per heavy atom. The molecule has 3 atom stereocenters. The van der Waals surface area contributed by atoms with Crippen LogP contribution in [0.4, 0.5) is 0 Å². The van der Waals surface area contributed by atoms with Crippen LogP contribution in [-0.2, 0) is 20.5 Å².